The Hall–Kier alpha value is -2.38. The highest BCUT2D eigenvalue weighted by molar-refractivity contribution is 7.90. The minimum absolute atomic E-state index is 0.00635. The van der Waals surface area contributed by atoms with Crippen molar-refractivity contribution in [1.82, 2.24) is 9.21 Å². The number of benzene rings is 2. The zero-order valence-corrected chi connectivity index (χ0v) is 17.8. The largest absolute Gasteiger partial charge is 0.335 e. The van der Waals surface area contributed by atoms with E-state index in [2.05, 4.69) is 0 Å². The summed E-state index contributed by atoms with van der Waals surface area (Å²) in [5.74, 6) is -0.691. The minimum atomic E-state index is -3.88. The summed E-state index contributed by atoms with van der Waals surface area (Å²) in [5, 5.41) is 0.680. The van der Waals surface area contributed by atoms with Crippen molar-refractivity contribution in [3.8, 4) is 0 Å². The SMILES string of the molecule is O=C(c1ccc2c(c1)S(=O)(=O)N(C1CC1)C2=O)N1CCCC1Cc1ccccc1Cl. The molecule has 0 aromatic heterocycles. The fourth-order valence-corrected chi connectivity index (χ4v) is 6.50. The van der Waals surface area contributed by atoms with Gasteiger partial charge in [-0.15, -0.1) is 0 Å². The zero-order chi connectivity index (χ0) is 21.0. The molecule has 2 heterocycles. The number of sulfonamides is 1. The van der Waals surface area contributed by atoms with Gasteiger partial charge in [-0.3, -0.25) is 9.59 Å². The highest BCUT2D eigenvalue weighted by atomic mass is 35.5. The standard InChI is InChI=1S/C22H21ClN2O4S/c23-19-6-2-1-4-14(19)12-17-5-3-11-24(17)21(26)15-7-10-18-20(13-15)30(28,29)25(22(18)27)16-8-9-16/h1-2,4,6-7,10,13,16-17H,3,5,8-9,11-12H2. The van der Waals surface area contributed by atoms with Crippen molar-refractivity contribution < 1.29 is 18.0 Å². The summed E-state index contributed by atoms with van der Waals surface area (Å²) in [4.78, 5) is 27.6. The molecule has 1 saturated heterocycles. The Balaban J connectivity index is 1.43. The molecule has 0 bridgehead atoms. The quantitative estimate of drug-likeness (QED) is 0.723. The molecule has 0 spiro atoms. The number of nitrogens with zero attached hydrogens (tertiary/aromatic N) is 2. The minimum Gasteiger partial charge on any atom is -0.335 e. The second-order valence-electron chi connectivity index (χ2n) is 8.14. The molecule has 1 saturated carbocycles. The molecule has 1 unspecified atom stereocenters. The average Bonchev–Trinajstić information content (AvgIpc) is 3.40. The number of hydrogen-bond donors (Lipinski definition) is 0. The van der Waals surface area contributed by atoms with Gasteiger partial charge in [0.25, 0.3) is 21.8 Å². The molecule has 2 fully saturated rings. The van der Waals surface area contributed by atoms with Crippen molar-refractivity contribution in [1.29, 1.82) is 0 Å². The lowest BCUT2D eigenvalue weighted by Crippen LogP contribution is -2.37. The van der Waals surface area contributed by atoms with Gasteiger partial charge in [-0.2, -0.15) is 0 Å². The van der Waals surface area contributed by atoms with Gasteiger partial charge in [-0.05, 0) is 61.9 Å². The molecular weight excluding hydrogens is 424 g/mol. The molecule has 30 heavy (non-hydrogen) atoms. The van der Waals surface area contributed by atoms with E-state index >= 15 is 0 Å². The molecule has 6 nitrogen and oxygen atoms in total. The lowest BCUT2D eigenvalue weighted by Gasteiger charge is -2.25. The highest BCUT2D eigenvalue weighted by Gasteiger charge is 2.49. The molecular formula is C22H21ClN2O4S. The van der Waals surface area contributed by atoms with Gasteiger partial charge in [0, 0.05) is 29.2 Å². The highest BCUT2D eigenvalue weighted by Crippen LogP contribution is 2.40. The summed E-state index contributed by atoms with van der Waals surface area (Å²) in [6.07, 6.45) is 3.80. The predicted octanol–water partition coefficient (Wildman–Crippen LogP) is 3.49. The summed E-state index contributed by atoms with van der Waals surface area (Å²) < 4.78 is 26.7. The first kappa shape index (κ1) is 19.6. The molecule has 1 atom stereocenters. The van der Waals surface area contributed by atoms with Crippen LogP contribution in [0.2, 0.25) is 5.02 Å². The Kier molecular flexibility index (Phi) is 4.63. The normalized spacial score (nSPS) is 22.4. The molecule has 2 aliphatic heterocycles. The number of fused-ring (bicyclic) bond motifs is 1. The van der Waals surface area contributed by atoms with E-state index in [1.807, 2.05) is 24.3 Å². The van der Waals surface area contributed by atoms with Gasteiger partial charge in [-0.1, -0.05) is 29.8 Å². The van der Waals surface area contributed by atoms with Crippen LogP contribution < -0.4 is 0 Å². The van der Waals surface area contributed by atoms with Gasteiger partial charge in [0.2, 0.25) is 0 Å². The van der Waals surface area contributed by atoms with E-state index in [4.69, 9.17) is 11.6 Å². The summed E-state index contributed by atoms with van der Waals surface area (Å²) in [6, 6.07) is 11.8. The maximum Gasteiger partial charge on any atom is 0.269 e. The van der Waals surface area contributed by atoms with Gasteiger partial charge in [-0.25, -0.2) is 12.7 Å². The van der Waals surface area contributed by atoms with Crippen LogP contribution in [0.25, 0.3) is 0 Å². The summed E-state index contributed by atoms with van der Waals surface area (Å²) in [6.45, 7) is 0.616. The molecule has 0 radical (unpaired) electrons. The van der Waals surface area contributed by atoms with Crippen LogP contribution in [-0.4, -0.2) is 48.1 Å². The van der Waals surface area contributed by atoms with Crippen LogP contribution in [0.3, 0.4) is 0 Å². The topological polar surface area (TPSA) is 74.8 Å². The third kappa shape index (κ3) is 3.11. The van der Waals surface area contributed by atoms with E-state index < -0.39 is 15.9 Å². The van der Waals surface area contributed by atoms with Crippen molar-refractivity contribution in [3.63, 3.8) is 0 Å². The van der Waals surface area contributed by atoms with Gasteiger partial charge < -0.3 is 4.90 Å². The van der Waals surface area contributed by atoms with Crippen LogP contribution in [0.5, 0.6) is 0 Å². The van der Waals surface area contributed by atoms with Crippen LogP contribution in [0.15, 0.2) is 47.4 Å². The number of hydrogen-bond acceptors (Lipinski definition) is 4. The fourth-order valence-electron chi connectivity index (χ4n) is 4.45. The first-order chi connectivity index (χ1) is 14.4. The number of likely N-dealkylation sites (tertiary alicyclic amines) is 1. The molecule has 5 rings (SSSR count). The Morgan fingerprint density at radius 1 is 1.10 bits per heavy atom. The predicted molar refractivity (Wildman–Crippen MR) is 112 cm³/mol. The second kappa shape index (κ2) is 7.10. The first-order valence-electron chi connectivity index (χ1n) is 10.1. The Morgan fingerprint density at radius 2 is 1.87 bits per heavy atom. The summed E-state index contributed by atoms with van der Waals surface area (Å²) in [7, 11) is -3.88. The molecule has 2 aromatic rings. The van der Waals surface area contributed by atoms with E-state index in [-0.39, 0.29) is 28.4 Å². The third-order valence-electron chi connectivity index (χ3n) is 6.13. The Labute approximate surface area is 180 Å². The Morgan fingerprint density at radius 3 is 2.60 bits per heavy atom. The molecule has 2 aromatic carbocycles. The number of halogens is 1. The van der Waals surface area contributed by atoms with Crippen LogP contribution in [0, 0.1) is 0 Å². The van der Waals surface area contributed by atoms with Crippen LogP contribution in [0.4, 0.5) is 0 Å². The van der Waals surface area contributed by atoms with Crippen molar-refractivity contribution in [2.75, 3.05) is 6.54 Å². The third-order valence-corrected chi connectivity index (χ3v) is 8.37. The van der Waals surface area contributed by atoms with Gasteiger partial charge >= 0.3 is 0 Å². The van der Waals surface area contributed by atoms with Gasteiger partial charge in [0.15, 0.2) is 0 Å². The van der Waals surface area contributed by atoms with Crippen molar-refractivity contribution in [2.45, 2.75) is 49.1 Å². The van der Waals surface area contributed by atoms with E-state index in [0.717, 1.165) is 22.7 Å². The molecule has 156 valence electrons. The molecule has 1 aliphatic carbocycles. The van der Waals surface area contributed by atoms with Crippen LogP contribution in [-0.2, 0) is 16.4 Å². The first-order valence-corrected chi connectivity index (χ1v) is 12.0. The zero-order valence-electron chi connectivity index (χ0n) is 16.3. The number of amides is 2. The maximum absolute atomic E-state index is 13.3. The van der Waals surface area contributed by atoms with E-state index in [1.165, 1.54) is 12.1 Å². The summed E-state index contributed by atoms with van der Waals surface area (Å²) in [5.41, 5.74) is 1.45. The Bertz CT molecular complexity index is 1160. The molecule has 0 N–H and O–H groups in total. The van der Waals surface area contributed by atoms with Crippen LogP contribution in [0.1, 0.15) is 52.0 Å². The van der Waals surface area contributed by atoms with Crippen molar-refractivity contribution in [2.24, 2.45) is 0 Å². The number of carbonyl (C=O) groups excluding carboxylic acids is 2. The van der Waals surface area contributed by atoms with Crippen molar-refractivity contribution >= 4 is 33.4 Å². The summed E-state index contributed by atoms with van der Waals surface area (Å²) >= 11 is 6.29. The van der Waals surface area contributed by atoms with Crippen LogP contribution >= 0.6 is 11.6 Å². The van der Waals surface area contributed by atoms with E-state index in [0.29, 0.717) is 36.4 Å². The smallest absolute Gasteiger partial charge is 0.269 e. The molecule has 3 aliphatic rings. The lowest BCUT2D eigenvalue weighted by atomic mass is 10.0. The second-order valence-corrected chi connectivity index (χ2v) is 10.3. The van der Waals surface area contributed by atoms with Gasteiger partial charge in [0.1, 0.15) is 4.90 Å². The van der Waals surface area contributed by atoms with E-state index in [9.17, 15) is 18.0 Å². The van der Waals surface area contributed by atoms with Crippen molar-refractivity contribution in [3.05, 3.63) is 64.2 Å². The average molecular weight is 445 g/mol. The fraction of sp³-hybridized carbons (Fsp3) is 0.364. The number of carbonyl (C=O) groups is 2. The molecule has 8 heteroatoms. The molecule has 2 amide bonds. The monoisotopic (exact) mass is 444 g/mol. The maximum atomic E-state index is 13.3. The van der Waals surface area contributed by atoms with Gasteiger partial charge in [0.05, 0.1) is 5.56 Å². The van der Waals surface area contributed by atoms with E-state index in [1.54, 1.807) is 11.0 Å². The number of rotatable bonds is 4. The lowest BCUT2D eigenvalue weighted by molar-refractivity contribution is 0.0735.